The van der Waals surface area contributed by atoms with Crippen LogP contribution in [0.2, 0.25) is 0 Å². The summed E-state index contributed by atoms with van der Waals surface area (Å²) in [5.74, 6) is -0.00392. The number of nitrogens with zero attached hydrogens (tertiary/aromatic N) is 4. The molecule has 1 heterocycles. The van der Waals surface area contributed by atoms with E-state index in [-0.39, 0.29) is 36.5 Å². The number of nitro groups is 1. The molecule has 1 saturated carbocycles. The third kappa shape index (κ3) is 3.45. The molecule has 1 aliphatic rings. The van der Waals surface area contributed by atoms with Crippen LogP contribution in [-0.2, 0) is 9.53 Å². The van der Waals surface area contributed by atoms with Gasteiger partial charge in [-0.2, -0.15) is 5.26 Å². The van der Waals surface area contributed by atoms with Crippen LogP contribution in [0.4, 0.5) is 11.5 Å². The van der Waals surface area contributed by atoms with E-state index in [2.05, 4.69) is 4.98 Å². The van der Waals surface area contributed by atoms with E-state index in [9.17, 15) is 14.9 Å². The average molecular weight is 290 g/mol. The maximum absolute atomic E-state index is 11.6. The summed E-state index contributed by atoms with van der Waals surface area (Å²) in [6, 6.07) is 4.57. The van der Waals surface area contributed by atoms with E-state index in [0.717, 1.165) is 12.8 Å². The Labute approximate surface area is 121 Å². The number of anilines is 1. The second-order valence-electron chi connectivity index (χ2n) is 4.57. The first-order chi connectivity index (χ1) is 10.1. The van der Waals surface area contributed by atoms with Gasteiger partial charge in [-0.05, 0) is 25.8 Å². The van der Waals surface area contributed by atoms with Crippen LogP contribution >= 0.6 is 0 Å². The molecule has 0 radical (unpaired) electrons. The van der Waals surface area contributed by atoms with Crippen LogP contribution in [0.3, 0.4) is 0 Å². The van der Waals surface area contributed by atoms with Gasteiger partial charge in [0.2, 0.25) is 5.69 Å². The van der Waals surface area contributed by atoms with Crippen molar-refractivity contribution in [3.05, 3.63) is 27.9 Å². The number of hydrogen-bond acceptors (Lipinski definition) is 7. The van der Waals surface area contributed by atoms with Crippen LogP contribution in [0, 0.1) is 21.4 Å². The van der Waals surface area contributed by atoms with Crippen LogP contribution in [-0.4, -0.2) is 35.1 Å². The van der Waals surface area contributed by atoms with Gasteiger partial charge in [0.25, 0.3) is 0 Å². The lowest BCUT2D eigenvalue weighted by Crippen LogP contribution is -2.33. The number of rotatable bonds is 6. The fraction of sp³-hybridized carbons (Fsp3) is 0.462. The molecule has 0 aliphatic heterocycles. The SMILES string of the molecule is CCOC(=O)CN(c1ccc([N+](=O)[O-])c(C#N)n1)C1CC1. The maximum Gasteiger partial charge on any atom is 0.325 e. The number of ether oxygens (including phenoxy) is 1. The fourth-order valence-electron chi connectivity index (χ4n) is 1.96. The Morgan fingerprint density at radius 2 is 2.33 bits per heavy atom. The number of pyridine rings is 1. The van der Waals surface area contributed by atoms with Crippen molar-refractivity contribution >= 4 is 17.5 Å². The molecule has 8 heteroatoms. The zero-order valence-electron chi connectivity index (χ0n) is 11.5. The molecule has 110 valence electrons. The lowest BCUT2D eigenvalue weighted by atomic mass is 10.3. The molecule has 0 saturated heterocycles. The minimum atomic E-state index is -0.651. The van der Waals surface area contributed by atoms with E-state index in [1.54, 1.807) is 17.9 Å². The number of aromatic nitrogens is 1. The Hall–Kier alpha value is -2.69. The van der Waals surface area contributed by atoms with Crippen molar-refractivity contribution in [2.45, 2.75) is 25.8 Å². The summed E-state index contributed by atoms with van der Waals surface area (Å²) in [6.07, 6.45) is 1.83. The molecular formula is C13H14N4O4. The molecule has 0 unspecified atom stereocenters. The van der Waals surface area contributed by atoms with Gasteiger partial charge in [-0.15, -0.1) is 0 Å². The lowest BCUT2D eigenvalue weighted by Gasteiger charge is -2.22. The Kier molecular flexibility index (Phi) is 4.33. The van der Waals surface area contributed by atoms with Crippen molar-refractivity contribution in [1.82, 2.24) is 4.98 Å². The van der Waals surface area contributed by atoms with Gasteiger partial charge in [0.15, 0.2) is 0 Å². The topological polar surface area (TPSA) is 109 Å². The maximum atomic E-state index is 11.6. The molecular weight excluding hydrogens is 276 g/mol. The summed E-state index contributed by atoms with van der Waals surface area (Å²) in [5, 5.41) is 19.8. The quantitative estimate of drug-likeness (QED) is 0.442. The number of hydrogen-bond donors (Lipinski definition) is 0. The van der Waals surface area contributed by atoms with Gasteiger partial charge in [0.05, 0.1) is 11.5 Å². The number of esters is 1. The summed E-state index contributed by atoms with van der Waals surface area (Å²) in [6.45, 7) is 2.03. The molecule has 0 amide bonds. The Morgan fingerprint density at radius 3 is 2.86 bits per heavy atom. The van der Waals surface area contributed by atoms with Crippen LogP contribution in [0.5, 0.6) is 0 Å². The Balaban J connectivity index is 2.27. The van der Waals surface area contributed by atoms with Crippen molar-refractivity contribution < 1.29 is 14.5 Å². The zero-order valence-corrected chi connectivity index (χ0v) is 11.5. The fourth-order valence-corrected chi connectivity index (χ4v) is 1.96. The lowest BCUT2D eigenvalue weighted by molar-refractivity contribution is -0.385. The van der Waals surface area contributed by atoms with E-state index in [0.29, 0.717) is 5.82 Å². The van der Waals surface area contributed by atoms with Gasteiger partial charge in [-0.3, -0.25) is 14.9 Å². The Morgan fingerprint density at radius 1 is 1.62 bits per heavy atom. The molecule has 1 fully saturated rings. The molecule has 1 aromatic heterocycles. The van der Waals surface area contributed by atoms with Crippen molar-refractivity contribution in [3.8, 4) is 6.07 Å². The van der Waals surface area contributed by atoms with E-state index in [1.165, 1.54) is 12.1 Å². The van der Waals surface area contributed by atoms with Crippen molar-refractivity contribution in [2.75, 3.05) is 18.1 Å². The van der Waals surface area contributed by atoms with Crippen molar-refractivity contribution in [1.29, 1.82) is 5.26 Å². The largest absolute Gasteiger partial charge is 0.465 e. The van der Waals surface area contributed by atoms with Gasteiger partial charge in [-0.1, -0.05) is 0 Å². The molecule has 0 aromatic carbocycles. The molecule has 0 spiro atoms. The number of nitriles is 1. The normalized spacial score (nSPS) is 13.3. The predicted molar refractivity (Wildman–Crippen MR) is 72.6 cm³/mol. The molecule has 0 atom stereocenters. The highest BCUT2D eigenvalue weighted by Crippen LogP contribution is 2.31. The standard InChI is InChI=1S/C13H14N4O4/c1-2-21-13(18)8-16(9-3-4-9)12-6-5-11(17(19)20)10(7-14)15-12/h5-6,9H,2-4,8H2,1H3. The predicted octanol–water partition coefficient (Wildman–Crippen LogP) is 1.39. The summed E-state index contributed by atoms with van der Waals surface area (Å²) in [7, 11) is 0. The smallest absolute Gasteiger partial charge is 0.325 e. The van der Waals surface area contributed by atoms with Gasteiger partial charge < -0.3 is 9.64 Å². The summed E-state index contributed by atoms with van der Waals surface area (Å²) >= 11 is 0. The molecule has 21 heavy (non-hydrogen) atoms. The van der Waals surface area contributed by atoms with Gasteiger partial charge in [0, 0.05) is 12.1 Å². The zero-order chi connectivity index (χ0) is 15.4. The first-order valence-corrected chi connectivity index (χ1v) is 6.54. The van der Waals surface area contributed by atoms with E-state index >= 15 is 0 Å². The van der Waals surface area contributed by atoms with E-state index in [4.69, 9.17) is 10.00 Å². The highest BCUT2D eigenvalue weighted by atomic mass is 16.6. The van der Waals surface area contributed by atoms with Gasteiger partial charge in [0.1, 0.15) is 18.4 Å². The monoisotopic (exact) mass is 290 g/mol. The molecule has 2 rings (SSSR count). The molecule has 1 aliphatic carbocycles. The molecule has 0 N–H and O–H groups in total. The third-order valence-corrected chi connectivity index (χ3v) is 3.05. The summed E-state index contributed by atoms with van der Waals surface area (Å²) in [5.41, 5.74) is -0.597. The Bertz CT molecular complexity index is 607. The summed E-state index contributed by atoms with van der Waals surface area (Å²) in [4.78, 5) is 27.5. The second kappa shape index (κ2) is 6.17. The van der Waals surface area contributed by atoms with Gasteiger partial charge >= 0.3 is 11.7 Å². The number of carbonyl (C=O) groups excluding carboxylic acids is 1. The first-order valence-electron chi connectivity index (χ1n) is 6.54. The van der Waals surface area contributed by atoms with Crippen LogP contribution < -0.4 is 4.90 Å². The van der Waals surface area contributed by atoms with Crippen molar-refractivity contribution in [3.63, 3.8) is 0 Å². The third-order valence-electron chi connectivity index (χ3n) is 3.05. The second-order valence-corrected chi connectivity index (χ2v) is 4.57. The summed E-state index contributed by atoms with van der Waals surface area (Å²) < 4.78 is 4.91. The molecule has 1 aromatic rings. The van der Waals surface area contributed by atoms with Crippen molar-refractivity contribution in [2.24, 2.45) is 0 Å². The van der Waals surface area contributed by atoms with E-state index < -0.39 is 4.92 Å². The van der Waals surface area contributed by atoms with Crippen LogP contribution in [0.1, 0.15) is 25.5 Å². The molecule has 8 nitrogen and oxygen atoms in total. The van der Waals surface area contributed by atoms with Crippen LogP contribution in [0.15, 0.2) is 12.1 Å². The highest BCUT2D eigenvalue weighted by molar-refractivity contribution is 5.76. The van der Waals surface area contributed by atoms with Gasteiger partial charge in [-0.25, -0.2) is 4.98 Å². The minimum Gasteiger partial charge on any atom is -0.465 e. The number of carbonyl (C=O) groups is 1. The minimum absolute atomic E-state index is 0.0220. The molecule has 0 bridgehead atoms. The average Bonchev–Trinajstić information content (AvgIpc) is 3.28. The first kappa shape index (κ1) is 14.7. The highest BCUT2D eigenvalue weighted by Gasteiger charge is 2.32. The van der Waals surface area contributed by atoms with Crippen LogP contribution in [0.25, 0.3) is 0 Å². The van der Waals surface area contributed by atoms with E-state index in [1.807, 2.05) is 0 Å².